The summed E-state index contributed by atoms with van der Waals surface area (Å²) in [6, 6.07) is 4.48. The van der Waals surface area contributed by atoms with Crippen LogP contribution in [0.2, 0.25) is 0 Å². The van der Waals surface area contributed by atoms with Crippen molar-refractivity contribution in [2.45, 2.75) is 64.2 Å². The zero-order valence-electron chi connectivity index (χ0n) is 18.4. The molecule has 0 amide bonds. The highest BCUT2D eigenvalue weighted by Gasteiger charge is 2.38. The van der Waals surface area contributed by atoms with E-state index in [0.29, 0.717) is 6.04 Å². The standard InChI is InChI=1S/C22H37N5OS/c1-21(2)14-19(15-22(3,4)25-21)24-20(29)27(17-18-6-5-7-23-16-18)9-8-26-10-12-28-13-11-26/h5-7,16,19,25H,8-15,17H2,1-4H3,(H,24,29). The predicted molar refractivity (Wildman–Crippen MR) is 122 cm³/mol. The largest absolute Gasteiger partial charge is 0.379 e. The highest BCUT2D eigenvalue weighted by molar-refractivity contribution is 7.80. The van der Waals surface area contributed by atoms with E-state index in [-0.39, 0.29) is 11.1 Å². The summed E-state index contributed by atoms with van der Waals surface area (Å²) in [4.78, 5) is 9.03. The molecule has 0 aliphatic carbocycles. The molecule has 0 spiro atoms. The number of thiocarbonyl (C=S) groups is 1. The number of aromatic nitrogens is 1. The molecule has 2 aliphatic rings. The van der Waals surface area contributed by atoms with Crippen LogP contribution in [-0.2, 0) is 11.3 Å². The third-order valence-corrected chi connectivity index (χ3v) is 6.07. The van der Waals surface area contributed by atoms with Crippen LogP contribution < -0.4 is 10.6 Å². The van der Waals surface area contributed by atoms with Crippen LogP contribution in [-0.4, -0.2) is 76.4 Å². The Balaban J connectivity index is 1.64. The van der Waals surface area contributed by atoms with E-state index in [4.69, 9.17) is 17.0 Å². The molecule has 0 radical (unpaired) electrons. The summed E-state index contributed by atoms with van der Waals surface area (Å²) in [5.41, 5.74) is 1.37. The lowest BCUT2D eigenvalue weighted by molar-refractivity contribution is 0.0356. The van der Waals surface area contributed by atoms with Crippen molar-refractivity contribution >= 4 is 17.3 Å². The molecule has 6 nitrogen and oxygen atoms in total. The van der Waals surface area contributed by atoms with E-state index in [1.807, 2.05) is 18.5 Å². The summed E-state index contributed by atoms with van der Waals surface area (Å²) in [5.74, 6) is 0. The van der Waals surface area contributed by atoms with Gasteiger partial charge in [0, 0.05) is 62.2 Å². The van der Waals surface area contributed by atoms with E-state index in [0.717, 1.165) is 63.9 Å². The maximum absolute atomic E-state index is 5.90. The normalized spacial score (nSPS) is 22.2. The molecular weight excluding hydrogens is 382 g/mol. The summed E-state index contributed by atoms with van der Waals surface area (Å²) < 4.78 is 5.48. The third kappa shape index (κ3) is 7.17. The Hall–Kier alpha value is -1.28. The van der Waals surface area contributed by atoms with Crippen LogP contribution in [0.1, 0.15) is 46.1 Å². The van der Waals surface area contributed by atoms with Crippen molar-refractivity contribution in [3.05, 3.63) is 30.1 Å². The Labute approximate surface area is 181 Å². The van der Waals surface area contributed by atoms with Crippen molar-refractivity contribution in [3.63, 3.8) is 0 Å². The van der Waals surface area contributed by atoms with Crippen molar-refractivity contribution in [1.82, 2.24) is 25.4 Å². The molecule has 162 valence electrons. The summed E-state index contributed by atoms with van der Waals surface area (Å²) in [7, 11) is 0. The molecule has 0 saturated carbocycles. The molecule has 0 unspecified atom stereocenters. The molecule has 1 aromatic heterocycles. The maximum Gasteiger partial charge on any atom is 0.169 e. The Morgan fingerprint density at radius 3 is 2.59 bits per heavy atom. The minimum Gasteiger partial charge on any atom is -0.379 e. The molecule has 2 fully saturated rings. The SMILES string of the molecule is CC1(C)CC(NC(=S)N(CCN2CCOCC2)Cc2cccnc2)CC(C)(C)N1. The second-order valence-electron chi connectivity index (χ2n) is 9.68. The molecular formula is C22H37N5OS. The minimum atomic E-state index is 0.0943. The number of pyridine rings is 1. The van der Waals surface area contributed by atoms with Crippen molar-refractivity contribution in [1.29, 1.82) is 0 Å². The molecule has 2 aliphatic heterocycles. The maximum atomic E-state index is 5.90. The first-order valence-electron chi connectivity index (χ1n) is 10.8. The predicted octanol–water partition coefficient (Wildman–Crippen LogP) is 2.40. The smallest absolute Gasteiger partial charge is 0.169 e. The second-order valence-corrected chi connectivity index (χ2v) is 10.1. The van der Waals surface area contributed by atoms with Crippen molar-refractivity contribution in [2.24, 2.45) is 0 Å². The molecule has 2 N–H and O–H groups in total. The monoisotopic (exact) mass is 419 g/mol. The van der Waals surface area contributed by atoms with E-state index in [9.17, 15) is 0 Å². The fourth-order valence-electron chi connectivity index (χ4n) is 4.74. The topological polar surface area (TPSA) is 52.7 Å². The quantitative estimate of drug-likeness (QED) is 0.687. The van der Waals surface area contributed by atoms with Crippen LogP contribution >= 0.6 is 12.2 Å². The molecule has 0 aromatic carbocycles. The van der Waals surface area contributed by atoms with Gasteiger partial charge in [0.15, 0.2) is 5.11 Å². The number of rotatable bonds is 6. The number of piperidine rings is 1. The van der Waals surface area contributed by atoms with Crippen LogP contribution in [0.5, 0.6) is 0 Å². The molecule has 3 rings (SSSR count). The van der Waals surface area contributed by atoms with E-state index in [2.05, 4.69) is 59.2 Å². The third-order valence-electron chi connectivity index (χ3n) is 5.69. The van der Waals surface area contributed by atoms with Gasteiger partial charge in [0.2, 0.25) is 0 Å². The number of nitrogens with zero attached hydrogens (tertiary/aromatic N) is 3. The molecule has 0 atom stereocenters. The lowest BCUT2D eigenvalue weighted by Gasteiger charge is -2.47. The van der Waals surface area contributed by atoms with Crippen molar-refractivity contribution < 1.29 is 4.74 Å². The number of ether oxygens (including phenoxy) is 1. The molecule has 29 heavy (non-hydrogen) atoms. The zero-order valence-corrected chi connectivity index (χ0v) is 19.2. The summed E-state index contributed by atoms with van der Waals surface area (Å²) in [6.07, 6.45) is 5.86. The average Bonchev–Trinajstić information content (AvgIpc) is 2.64. The van der Waals surface area contributed by atoms with Crippen LogP contribution in [0.25, 0.3) is 0 Å². The summed E-state index contributed by atoms with van der Waals surface area (Å²) in [5, 5.41) is 8.29. The highest BCUT2D eigenvalue weighted by atomic mass is 32.1. The molecule has 2 saturated heterocycles. The van der Waals surface area contributed by atoms with Crippen LogP contribution in [0.3, 0.4) is 0 Å². The summed E-state index contributed by atoms with van der Waals surface area (Å²) in [6.45, 7) is 15.4. The second kappa shape index (κ2) is 9.69. The Kier molecular flexibility index (Phi) is 7.48. The molecule has 1 aromatic rings. The average molecular weight is 420 g/mol. The van der Waals surface area contributed by atoms with Gasteiger partial charge in [-0.1, -0.05) is 6.07 Å². The summed E-state index contributed by atoms with van der Waals surface area (Å²) >= 11 is 5.90. The van der Waals surface area contributed by atoms with Gasteiger partial charge in [0.05, 0.1) is 13.2 Å². The van der Waals surface area contributed by atoms with Gasteiger partial charge in [-0.15, -0.1) is 0 Å². The first kappa shape index (κ1) is 22.4. The fraction of sp³-hybridized carbons (Fsp3) is 0.727. The van der Waals surface area contributed by atoms with Crippen LogP contribution in [0.4, 0.5) is 0 Å². The first-order chi connectivity index (χ1) is 13.7. The molecule has 0 bridgehead atoms. The Morgan fingerprint density at radius 2 is 1.97 bits per heavy atom. The van der Waals surface area contributed by atoms with E-state index < -0.39 is 0 Å². The van der Waals surface area contributed by atoms with Crippen molar-refractivity contribution in [3.8, 4) is 0 Å². The number of hydrogen-bond donors (Lipinski definition) is 2. The number of morpholine rings is 1. The highest BCUT2D eigenvalue weighted by Crippen LogP contribution is 2.28. The van der Waals surface area contributed by atoms with Gasteiger partial charge < -0.3 is 20.3 Å². The molecule has 7 heteroatoms. The minimum absolute atomic E-state index is 0.0943. The van der Waals surface area contributed by atoms with E-state index >= 15 is 0 Å². The van der Waals surface area contributed by atoms with E-state index in [1.165, 1.54) is 5.56 Å². The lowest BCUT2D eigenvalue weighted by Crippen LogP contribution is -2.63. The van der Waals surface area contributed by atoms with Gasteiger partial charge in [0.1, 0.15) is 0 Å². The number of nitrogens with one attached hydrogen (secondary N) is 2. The fourth-order valence-corrected chi connectivity index (χ4v) is 5.06. The molecule has 3 heterocycles. The number of hydrogen-bond acceptors (Lipinski definition) is 5. The Bertz CT molecular complexity index is 644. The van der Waals surface area contributed by atoms with E-state index in [1.54, 1.807) is 0 Å². The Morgan fingerprint density at radius 1 is 1.28 bits per heavy atom. The van der Waals surface area contributed by atoms with Crippen molar-refractivity contribution in [2.75, 3.05) is 39.4 Å². The van der Waals surface area contributed by atoms with Crippen LogP contribution in [0, 0.1) is 0 Å². The lowest BCUT2D eigenvalue weighted by atomic mass is 9.80. The van der Waals surface area contributed by atoms with Gasteiger partial charge in [-0.3, -0.25) is 9.88 Å². The van der Waals surface area contributed by atoms with Gasteiger partial charge in [-0.25, -0.2) is 0 Å². The zero-order chi connectivity index (χ0) is 20.9. The first-order valence-corrected chi connectivity index (χ1v) is 11.2. The van der Waals surface area contributed by atoms with Gasteiger partial charge >= 0.3 is 0 Å². The van der Waals surface area contributed by atoms with Crippen LogP contribution in [0.15, 0.2) is 24.5 Å². The van der Waals surface area contributed by atoms with Gasteiger partial charge in [0.25, 0.3) is 0 Å². The van der Waals surface area contributed by atoms with Gasteiger partial charge in [-0.2, -0.15) is 0 Å². The van der Waals surface area contributed by atoms with Gasteiger partial charge in [-0.05, 0) is 64.4 Å².